The summed E-state index contributed by atoms with van der Waals surface area (Å²) >= 11 is 5.86. The molecule has 0 spiro atoms. The lowest BCUT2D eigenvalue weighted by Gasteiger charge is -2.07. The van der Waals surface area contributed by atoms with Gasteiger partial charge in [0.15, 0.2) is 11.5 Å². The van der Waals surface area contributed by atoms with Gasteiger partial charge in [-0.25, -0.2) is 4.79 Å². The van der Waals surface area contributed by atoms with Crippen molar-refractivity contribution in [2.45, 2.75) is 13.3 Å². The predicted octanol–water partition coefficient (Wildman–Crippen LogP) is 3.14. The van der Waals surface area contributed by atoms with Crippen molar-refractivity contribution in [2.24, 2.45) is 0 Å². The number of H-pyrrole nitrogens is 1. The molecule has 2 aromatic rings. The third-order valence-electron chi connectivity index (χ3n) is 3.23. The van der Waals surface area contributed by atoms with Gasteiger partial charge in [0, 0.05) is 17.3 Å². The third kappa shape index (κ3) is 2.93. The molecule has 0 fully saturated rings. The number of methoxy groups -OCH3 is 2. The van der Waals surface area contributed by atoms with E-state index in [1.807, 2.05) is 6.07 Å². The highest BCUT2D eigenvalue weighted by Gasteiger charge is 2.20. The second-order valence-electron chi connectivity index (χ2n) is 4.39. The number of esters is 1. The minimum absolute atomic E-state index is 0.321. The van der Waals surface area contributed by atoms with Crippen LogP contribution < -0.4 is 9.47 Å². The number of halogens is 1. The van der Waals surface area contributed by atoms with E-state index >= 15 is 0 Å². The molecule has 2 rings (SSSR count). The van der Waals surface area contributed by atoms with Gasteiger partial charge in [-0.1, -0.05) is 0 Å². The van der Waals surface area contributed by atoms with Crippen LogP contribution in [0, 0.1) is 0 Å². The van der Waals surface area contributed by atoms with Gasteiger partial charge >= 0.3 is 5.97 Å². The lowest BCUT2D eigenvalue weighted by atomic mass is 10.1. The Bertz CT molecular complexity index is 651. The molecule has 6 heteroatoms. The molecule has 0 unspecified atom stereocenters. The van der Waals surface area contributed by atoms with Gasteiger partial charge < -0.3 is 19.2 Å². The van der Waals surface area contributed by atoms with Gasteiger partial charge in [0.2, 0.25) is 0 Å². The van der Waals surface area contributed by atoms with E-state index in [0.29, 0.717) is 36.1 Å². The van der Waals surface area contributed by atoms with Gasteiger partial charge in [-0.2, -0.15) is 0 Å². The first-order chi connectivity index (χ1) is 10.2. The molecule has 114 valence electrons. The van der Waals surface area contributed by atoms with Crippen molar-refractivity contribution in [3.63, 3.8) is 0 Å². The predicted molar refractivity (Wildman–Crippen MR) is 81.8 cm³/mol. The smallest absolute Gasteiger partial charge is 0.355 e. The fraction of sp³-hybridized carbons (Fsp3) is 0.400. The highest BCUT2D eigenvalue weighted by atomic mass is 35.5. The molecule has 1 N–H and O–H groups in total. The largest absolute Gasteiger partial charge is 0.493 e. The summed E-state index contributed by atoms with van der Waals surface area (Å²) in [6.45, 7) is 2.09. The van der Waals surface area contributed by atoms with E-state index in [0.717, 1.165) is 16.5 Å². The highest BCUT2D eigenvalue weighted by Crippen LogP contribution is 2.35. The van der Waals surface area contributed by atoms with Gasteiger partial charge in [0.05, 0.1) is 26.3 Å². The number of ether oxygens (including phenoxy) is 3. The molecule has 1 heterocycles. The van der Waals surface area contributed by atoms with E-state index in [2.05, 4.69) is 4.98 Å². The Hall–Kier alpha value is -1.88. The van der Waals surface area contributed by atoms with Crippen molar-refractivity contribution in [3.05, 3.63) is 23.4 Å². The summed E-state index contributed by atoms with van der Waals surface area (Å²) < 4.78 is 15.7. The molecule has 1 aromatic carbocycles. The average molecular weight is 312 g/mol. The molecular formula is C15H18ClNO4. The van der Waals surface area contributed by atoms with Crippen LogP contribution in [0.25, 0.3) is 10.9 Å². The Morgan fingerprint density at radius 3 is 2.48 bits per heavy atom. The van der Waals surface area contributed by atoms with E-state index in [1.54, 1.807) is 27.2 Å². The van der Waals surface area contributed by atoms with Crippen LogP contribution in [0.5, 0.6) is 11.5 Å². The Morgan fingerprint density at radius 2 is 1.90 bits per heavy atom. The molecule has 0 atom stereocenters. The van der Waals surface area contributed by atoms with E-state index in [1.165, 1.54) is 0 Å². The average Bonchev–Trinajstić information content (AvgIpc) is 2.84. The van der Waals surface area contributed by atoms with E-state index in [9.17, 15) is 4.79 Å². The Kier molecular flexibility index (Phi) is 4.96. The maximum atomic E-state index is 12.1. The lowest BCUT2D eigenvalue weighted by Crippen LogP contribution is -2.08. The zero-order chi connectivity index (χ0) is 15.4. The molecule has 0 aliphatic carbocycles. The van der Waals surface area contributed by atoms with Crippen LogP contribution in [0.1, 0.15) is 23.0 Å². The number of carbonyl (C=O) groups is 1. The van der Waals surface area contributed by atoms with Crippen LogP contribution in [-0.4, -0.2) is 37.7 Å². The number of alkyl halides is 1. The summed E-state index contributed by atoms with van der Waals surface area (Å²) in [6.07, 6.45) is 0.561. The Balaban J connectivity index is 2.64. The minimum Gasteiger partial charge on any atom is -0.493 e. The molecule has 0 saturated carbocycles. The van der Waals surface area contributed by atoms with Gasteiger partial charge in [-0.3, -0.25) is 0 Å². The van der Waals surface area contributed by atoms with Gasteiger partial charge in [-0.15, -0.1) is 11.6 Å². The van der Waals surface area contributed by atoms with Crippen LogP contribution in [0.2, 0.25) is 0 Å². The summed E-state index contributed by atoms with van der Waals surface area (Å²) in [5.41, 5.74) is 2.05. The summed E-state index contributed by atoms with van der Waals surface area (Å²) in [5.74, 6) is 1.23. The van der Waals surface area contributed by atoms with E-state index in [-0.39, 0.29) is 5.97 Å². The molecule has 5 nitrogen and oxygen atoms in total. The standard InChI is InChI=1S/C15H18ClNO4/c1-4-21-15(18)14-9(5-6-16)10-7-12(19-2)13(20-3)8-11(10)17-14/h7-8,17H,4-6H2,1-3H3. The minimum atomic E-state index is -0.383. The molecule has 0 amide bonds. The number of nitrogens with one attached hydrogen (secondary N) is 1. The van der Waals surface area contributed by atoms with Gasteiger partial charge in [0.1, 0.15) is 5.69 Å². The van der Waals surface area contributed by atoms with Gasteiger partial charge in [0.25, 0.3) is 0 Å². The first-order valence-electron chi connectivity index (χ1n) is 6.65. The molecule has 0 saturated heterocycles. The molecule has 0 aliphatic heterocycles. The van der Waals surface area contributed by atoms with Crippen molar-refractivity contribution in [1.29, 1.82) is 0 Å². The van der Waals surface area contributed by atoms with Crippen molar-refractivity contribution in [1.82, 2.24) is 4.98 Å². The second kappa shape index (κ2) is 6.72. The summed E-state index contributed by atoms with van der Waals surface area (Å²) in [4.78, 5) is 15.2. The van der Waals surface area contributed by atoms with Crippen LogP contribution in [0.4, 0.5) is 0 Å². The number of hydrogen-bond acceptors (Lipinski definition) is 4. The lowest BCUT2D eigenvalue weighted by molar-refractivity contribution is 0.0519. The number of aromatic amines is 1. The third-order valence-corrected chi connectivity index (χ3v) is 3.42. The van der Waals surface area contributed by atoms with E-state index in [4.69, 9.17) is 25.8 Å². The number of aryl methyl sites for hydroxylation is 1. The van der Waals surface area contributed by atoms with Crippen LogP contribution in [0.15, 0.2) is 12.1 Å². The summed E-state index contributed by atoms with van der Waals surface area (Å²) in [7, 11) is 3.14. The molecular weight excluding hydrogens is 294 g/mol. The van der Waals surface area contributed by atoms with Crippen LogP contribution >= 0.6 is 11.6 Å². The fourth-order valence-electron chi connectivity index (χ4n) is 2.31. The van der Waals surface area contributed by atoms with Crippen molar-refractivity contribution < 1.29 is 19.0 Å². The molecule has 0 aliphatic rings. The Morgan fingerprint density at radius 1 is 1.24 bits per heavy atom. The number of fused-ring (bicyclic) bond motifs is 1. The fourth-order valence-corrected chi connectivity index (χ4v) is 2.50. The number of benzene rings is 1. The summed E-state index contributed by atoms with van der Waals surface area (Å²) in [5, 5.41) is 0.886. The van der Waals surface area contributed by atoms with E-state index < -0.39 is 0 Å². The van der Waals surface area contributed by atoms with Crippen molar-refractivity contribution >= 4 is 28.5 Å². The topological polar surface area (TPSA) is 60.6 Å². The maximum Gasteiger partial charge on any atom is 0.355 e. The molecule has 0 bridgehead atoms. The normalized spacial score (nSPS) is 10.7. The first-order valence-corrected chi connectivity index (χ1v) is 7.19. The Labute approximate surface area is 128 Å². The van der Waals surface area contributed by atoms with Crippen LogP contribution in [-0.2, 0) is 11.2 Å². The van der Waals surface area contributed by atoms with Crippen LogP contribution in [0.3, 0.4) is 0 Å². The van der Waals surface area contributed by atoms with Crippen molar-refractivity contribution in [3.8, 4) is 11.5 Å². The first kappa shape index (κ1) is 15.5. The molecule has 21 heavy (non-hydrogen) atoms. The zero-order valence-electron chi connectivity index (χ0n) is 12.3. The maximum absolute atomic E-state index is 12.1. The number of aromatic nitrogens is 1. The molecule has 1 aromatic heterocycles. The second-order valence-corrected chi connectivity index (χ2v) is 4.77. The zero-order valence-corrected chi connectivity index (χ0v) is 13.0. The number of hydrogen-bond donors (Lipinski definition) is 1. The van der Waals surface area contributed by atoms with Gasteiger partial charge in [-0.05, 0) is 25.0 Å². The molecule has 0 radical (unpaired) electrons. The number of rotatable bonds is 6. The monoisotopic (exact) mass is 311 g/mol. The van der Waals surface area contributed by atoms with Crippen molar-refractivity contribution in [2.75, 3.05) is 26.7 Å². The highest BCUT2D eigenvalue weighted by molar-refractivity contribution is 6.18. The quantitative estimate of drug-likeness (QED) is 0.657. The number of carbonyl (C=O) groups excluding carboxylic acids is 1. The SMILES string of the molecule is CCOC(=O)c1[nH]c2cc(OC)c(OC)cc2c1CCCl. The summed E-state index contributed by atoms with van der Waals surface area (Å²) in [6, 6.07) is 3.64.